The Balaban J connectivity index is 2.10. The van der Waals surface area contributed by atoms with Crippen molar-refractivity contribution in [3.63, 3.8) is 0 Å². The standard InChI is InChI=1S/C14H18IN3OSi/c1-20(2,3)7-6-19-10-18-5-4-13-14(18)12(15)8-11(9-16)17-13/h4-5,8H,6-7,10H2,1-3H3. The molecule has 0 unspecified atom stereocenters. The van der Waals surface area contributed by atoms with Crippen molar-refractivity contribution < 1.29 is 4.74 Å². The van der Waals surface area contributed by atoms with E-state index in [0.29, 0.717) is 12.4 Å². The third-order valence-corrected chi connectivity index (χ3v) is 5.54. The Kier molecular flexibility index (Phi) is 4.83. The van der Waals surface area contributed by atoms with E-state index in [4.69, 9.17) is 10.00 Å². The molecule has 0 fully saturated rings. The Morgan fingerprint density at radius 2 is 2.20 bits per heavy atom. The molecule has 0 aromatic carbocycles. The van der Waals surface area contributed by atoms with E-state index in [1.165, 1.54) is 6.04 Å². The number of aromatic nitrogens is 2. The predicted molar refractivity (Wildman–Crippen MR) is 91.3 cm³/mol. The number of fused-ring (bicyclic) bond motifs is 1. The summed E-state index contributed by atoms with van der Waals surface area (Å²) in [5.41, 5.74) is 2.35. The molecule has 106 valence electrons. The molecule has 0 saturated carbocycles. The summed E-state index contributed by atoms with van der Waals surface area (Å²) < 4.78 is 8.86. The van der Waals surface area contributed by atoms with Crippen molar-refractivity contribution in [1.29, 1.82) is 5.26 Å². The average molecular weight is 399 g/mol. The summed E-state index contributed by atoms with van der Waals surface area (Å²) in [6.45, 7) is 8.38. The molecular formula is C14H18IN3OSi. The summed E-state index contributed by atoms with van der Waals surface area (Å²) in [5, 5.41) is 8.93. The van der Waals surface area contributed by atoms with Crippen molar-refractivity contribution in [2.24, 2.45) is 0 Å². The number of hydrogen-bond donors (Lipinski definition) is 0. The first kappa shape index (κ1) is 15.5. The van der Waals surface area contributed by atoms with Crippen LogP contribution >= 0.6 is 22.6 Å². The molecule has 4 nitrogen and oxygen atoms in total. The van der Waals surface area contributed by atoms with Crippen LogP contribution in [0.1, 0.15) is 5.69 Å². The molecular weight excluding hydrogens is 381 g/mol. The van der Waals surface area contributed by atoms with Gasteiger partial charge in [-0.3, -0.25) is 0 Å². The Morgan fingerprint density at radius 3 is 2.85 bits per heavy atom. The highest BCUT2D eigenvalue weighted by Gasteiger charge is 2.13. The largest absolute Gasteiger partial charge is 0.361 e. The summed E-state index contributed by atoms with van der Waals surface area (Å²) in [4.78, 5) is 4.31. The van der Waals surface area contributed by atoms with Crippen LogP contribution in [0.3, 0.4) is 0 Å². The molecule has 0 spiro atoms. The summed E-state index contributed by atoms with van der Waals surface area (Å²) in [6.07, 6.45) is 1.97. The van der Waals surface area contributed by atoms with Gasteiger partial charge in [0.25, 0.3) is 0 Å². The van der Waals surface area contributed by atoms with Gasteiger partial charge in [0.2, 0.25) is 0 Å². The molecule has 20 heavy (non-hydrogen) atoms. The van der Waals surface area contributed by atoms with Crippen LogP contribution in [0.15, 0.2) is 18.3 Å². The minimum Gasteiger partial charge on any atom is -0.361 e. The lowest BCUT2D eigenvalue weighted by Crippen LogP contribution is -2.22. The Hall–Kier alpha value is -0.913. The summed E-state index contributed by atoms with van der Waals surface area (Å²) in [6, 6.07) is 6.99. The number of ether oxygens (including phenoxy) is 1. The van der Waals surface area contributed by atoms with Crippen molar-refractivity contribution in [2.75, 3.05) is 6.61 Å². The highest BCUT2D eigenvalue weighted by molar-refractivity contribution is 14.1. The second-order valence-corrected chi connectivity index (χ2v) is 12.8. The average Bonchev–Trinajstić information content (AvgIpc) is 2.77. The van der Waals surface area contributed by atoms with E-state index in [9.17, 15) is 0 Å². The van der Waals surface area contributed by atoms with Gasteiger partial charge in [0.1, 0.15) is 18.5 Å². The number of pyridine rings is 1. The minimum absolute atomic E-state index is 0.458. The van der Waals surface area contributed by atoms with E-state index < -0.39 is 8.07 Å². The van der Waals surface area contributed by atoms with Gasteiger partial charge in [0, 0.05) is 24.4 Å². The van der Waals surface area contributed by atoms with Crippen LogP contribution in [0.25, 0.3) is 11.0 Å². The van der Waals surface area contributed by atoms with E-state index in [-0.39, 0.29) is 0 Å². The number of hydrogen-bond acceptors (Lipinski definition) is 3. The number of halogens is 1. The normalized spacial score (nSPS) is 11.8. The predicted octanol–water partition coefficient (Wildman–Crippen LogP) is 3.82. The number of nitrogens with zero attached hydrogens (tertiary/aromatic N) is 3. The molecule has 2 aromatic rings. The molecule has 2 aromatic heterocycles. The highest BCUT2D eigenvalue weighted by Crippen LogP contribution is 2.21. The first-order chi connectivity index (χ1) is 9.40. The molecule has 6 heteroatoms. The fraction of sp³-hybridized carbons (Fsp3) is 0.429. The molecule has 0 radical (unpaired) electrons. The smallest absolute Gasteiger partial charge is 0.142 e. The van der Waals surface area contributed by atoms with E-state index in [1.54, 1.807) is 0 Å². The van der Waals surface area contributed by atoms with Crippen LogP contribution in [-0.2, 0) is 11.5 Å². The topological polar surface area (TPSA) is 50.8 Å². The molecule has 0 aliphatic rings. The van der Waals surface area contributed by atoms with Crippen LogP contribution in [0.2, 0.25) is 25.7 Å². The van der Waals surface area contributed by atoms with E-state index in [0.717, 1.165) is 21.2 Å². The maximum absolute atomic E-state index is 8.93. The van der Waals surface area contributed by atoms with Crippen LogP contribution in [-0.4, -0.2) is 24.2 Å². The van der Waals surface area contributed by atoms with Crippen molar-refractivity contribution >= 4 is 41.7 Å². The molecule has 0 aliphatic carbocycles. The van der Waals surface area contributed by atoms with Crippen molar-refractivity contribution in [3.05, 3.63) is 27.6 Å². The molecule has 0 saturated heterocycles. The van der Waals surface area contributed by atoms with Gasteiger partial charge in [-0.05, 0) is 40.8 Å². The quantitative estimate of drug-likeness (QED) is 0.436. The number of rotatable bonds is 5. The zero-order chi connectivity index (χ0) is 14.8. The van der Waals surface area contributed by atoms with E-state index in [1.807, 2.05) is 18.3 Å². The molecule has 2 heterocycles. The minimum atomic E-state index is -1.04. The second kappa shape index (κ2) is 6.24. The monoisotopic (exact) mass is 399 g/mol. The first-order valence-electron chi connectivity index (χ1n) is 6.54. The first-order valence-corrected chi connectivity index (χ1v) is 11.3. The van der Waals surface area contributed by atoms with Crippen molar-refractivity contribution in [2.45, 2.75) is 32.4 Å². The molecule has 0 amide bonds. The third kappa shape index (κ3) is 3.81. The highest BCUT2D eigenvalue weighted by atomic mass is 127. The summed E-state index contributed by atoms with van der Waals surface area (Å²) in [5.74, 6) is 0. The maximum atomic E-state index is 8.93. The van der Waals surface area contributed by atoms with Crippen LogP contribution in [0.4, 0.5) is 0 Å². The van der Waals surface area contributed by atoms with Crippen molar-refractivity contribution in [1.82, 2.24) is 9.55 Å². The van der Waals surface area contributed by atoms with Crippen molar-refractivity contribution in [3.8, 4) is 6.07 Å². The zero-order valence-corrected chi connectivity index (χ0v) is 15.1. The van der Waals surface area contributed by atoms with Gasteiger partial charge >= 0.3 is 0 Å². The lowest BCUT2D eigenvalue weighted by atomic mass is 10.3. The molecule has 2 rings (SSSR count). The van der Waals surface area contributed by atoms with Gasteiger partial charge in [0.05, 0.1) is 11.0 Å². The molecule has 0 aliphatic heterocycles. The van der Waals surface area contributed by atoms with Gasteiger partial charge in [-0.2, -0.15) is 5.26 Å². The van der Waals surface area contributed by atoms with E-state index >= 15 is 0 Å². The third-order valence-electron chi connectivity index (χ3n) is 3.01. The Labute approximate surface area is 133 Å². The van der Waals surface area contributed by atoms with Gasteiger partial charge in [-0.15, -0.1) is 0 Å². The van der Waals surface area contributed by atoms with Crippen LogP contribution in [0.5, 0.6) is 0 Å². The summed E-state index contributed by atoms with van der Waals surface area (Å²) >= 11 is 2.24. The summed E-state index contributed by atoms with van der Waals surface area (Å²) in [7, 11) is -1.04. The van der Waals surface area contributed by atoms with Gasteiger partial charge < -0.3 is 9.30 Å². The zero-order valence-electron chi connectivity index (χ0n) is 12.0. The SMILES string of the molecule is C[Si](C)(C)CCOCn1ccc2nc(C#N)cc(I)c21. The Morgan fingerprint density at radius 1 is 1.45 bits per heavy atom. The lowest BCUT2D eigenvalue weighted by Gasteiger charge is -2.16. The molecule has 0 N–H and O–H groups in total. The fourth-order valence-electron chi connectivity index (χ4n) is 1.87. The fourth-order valence-corrected chi connectivity index (χ4v) is 3.51. The van der Waals surface area contributed by atoms with Gasteiger partial charge in [0.15, 0.2) is 0 Å². The van der Waals surface area contributed by atoms with Crippen LogP contribution < -0.4 is 0 Å². The second-order valence-electron chi connectivity index (χ2n) is 5.97. The lowest BCUT2D eigenvalue weighted by molar-refractivity contribution is 0.0902. The number of nitriles is 1. The Bertz CT molecular complexity index is 655. The van der Waals surface area contributed by atoms with Gasteiger partial charge in [-0.25, -0.2) is 4.98 Å². The van der Waals surface area contributed by atoms with E-state index in [2.05, 4.69) is 57.9 Å². The van der Waals surface area contributed by atoms with Gasteiger partial charge in [-0.1, -0.05) is 19.6 Å². The molecule has 0 atom stereocenters. The van der Waals surface area contributed by atoms with Crippen LogP contribution in [0, 0.1) is 14.9 Å². The molecule has 0 bridgehead atoms. The maximum Gasteiger partial charge on any atom is 0.142 e.